The maximum Gasteiger partial charge on any atom is 0.279 e. The third-order valence-electron chi connectivity index (χ3n) is 4.11. The zero-order valence-electron chi connectivity index (χ0n) is 11.9. The highest BCUT2D eigenvalue weighted by Gasteiger charge is 2.27. The van der Waals surface area contributed by atoms with Crippen molar-refractivity contribution in [1.82, 2.24) is 14.3 Å². The Morgan fingerprint density at radius 2 is 2.05 bits per heavy atom. The van der Waals surface area contributed by atoms with Crippen LogP contribution in [0.2, 0.25) is 0 Å². The molecule has 1 saturated heterocycles. The Labute approximate surface area is 132 Å². The van der Waals surface area contributed by atoms with Gasteiger partial charge in [0.15, 0.2) is 0 Å². The van der Waals surface area contributed by atoms with Crippen molar-refractivity contribution < 1.29 is 8.42 Å². The van der Waals surface area contributed by atoms with E-state index < -0.39 is 10.2 Å². The molecule has 2 aliphatic rings. The summed E-state index contributed by atoms with van der Waals surface area (Å²) in [6, 6.07) is 8.34. The molecule has 21 heavy (non-hydrogen) atoms. The number of rotatable bonds is 4. The maximum absolute atomic E-state index is 12.3. The van der Waals surface area contributed by atoms with Crippen LogP contribution in [0.4, 0.5) is 0 Å². The first kappa shape index (κ1) is 16.7. The highest BCUT2D eigenvalue weighted by Crippen LogP contribution is 2.20. The molecule has 0 aliphatic carbocycles. The Morgan fingerprint density at radius 3 is 2.76 bits per heavy atom. The lowest BCUT2D eigenvalue weighted by Gasteiger charge is -2.28. The van der Waals surface area contributed by atoms with Gasteiger partial charge in [0, 0.05) is 25.7 Å². The molecule has 2 heterocycles. The quantitative estimate of drug-likeness (QED) is 0.867. The normalized spacial score (nSPS) is 22.6. The molecule has 5 nitrogen and oxygen atoms in total. The van der Waals surface area contributed by atoms with Gasteiger partial charge in [-0.25, -0.2) is 4.72 Å². The molecule has 0 amide bonds. The summed E-state index contributed by atoms with van der Waals surface area (Å²) >= 11 is 0. The molecule has 1 aromatic carbocycles. The van der Waals surface area contributed by atoms with Gasteiger partial charge in [-0.05, 0) is 36.9 Å². The van der Waals surface area contributed by atoms with Gasteiger partial charge in [0.05, 0.1) is 0 Å². The molecule has 2 N–H and O–H groups in total. The van der Waals surface area contributed by atoms with E-state index in [2.05, 4.69) is 16.1 Å². The third kappa shape index (κ3) is 3.96. The average Bonchev–Trinajstić information content (AvgIpc) is 2.98. The summed E-state index contributed by atoms with van der Waals surface area (Å²) in [5.74, 6) is 0. The largest absolute Gasteiger partial charge is 0.313 e. The molecule has 2 aliphatic heterocycles. The van der Waals surface area contributed by atoms with Crippen molar-refractivity contribution in [2.45, 2.75) is 31.8 Å². The van der Waals surface area contributed by atoms with Crippen LogP contribution >= 0.6 is 12.4 Å². The number of halogens is 1. The predicted octanol–water partition coefficient (Wildman–Crippen LogP) is 1.05. The molecule has 0 unspecified atom stereocenters. The van der Waals surface area contributed by atoms with Gasteiger partial charge in [0.1, 0.15) is 0 Å². The third-order valence-corrected chi connectivity index (χ3v) is 5.63. The van der Waals surface area contributed by atoms with E-state index in [1.165, 1.54) is 5.56 Å². The number of nitrogens with one attached hydrogen (secondary N) is 2. The first-order valence-corrected chi connectivity index (χ1v) is 8.64. The van der Waals surface area contributed by atoms with Gasteiger partial charge in [0.2, 0.25) is 0 Å². The van der Waals surface area contributed by atoms with Gasteiger partial charge < -0.3 is 5.32 Å². The minimum Gasteiger partial charge on any atom is -0.313 e. The molecule has 0 saturated carbocycles. The van der Waals surface area contributed by atoms with Gasteiger partial charge in [0.25, 0.3) is 10.2 Å². The highest BCUT2D eigenvalue weighted by molar-refractivity contribution is 7.87. The van der Waals surface area contributed by atoms with Crippen LogP contribution in [0.1, 0.15) is 24.0 Å². The molecule has 3 rings (SSSR count). The van der Waals surface area contributed by atoms with E-state index in [0.717, 1.165) is 31.4 Å². The lowest BCUT2D eigenvalue weighted by molar-refractivity contribution is 0.381. The number of fused-ring (bicyclic) bond motifs is 1. The van der Waals surface area contributed by atoms with E-state index in [1.807, 2.05) is 18.2 Å². The van der Waals surface area contributed by atoms with Gasteiger partial charge in [-0.15, -0.1) is 12.4 Å². The van der Waals surface area contributed by atoms with Crippen molar-refractivity contribution in [3.8, 4) is 0 Å². The maximum atomic E-state index is 12.3. The number of nitrogens with zero attached hydrogens (tertiary/aromatic N) is 1. The fourth-order valence-corrected chi connectivity index (χ4v) is 4.14. The minimum atomic E-state index is -3.37. The molecule has 1 aromatic rings. The van der Waals surface area contributed by atoms with E-state index in [1.54, 1.807) is 4.31 Å². The molecule has 0 radical (unpaired) electrons. The summed E-state index contributed by atoms with van der Waals surface area (Å²) in [6.45, 7) is 2.51. The lowest BCUT2D eigenvalue weighted by Crippen LogP contribution is -2.46. The second-order valence-electron chi connectivity index (χ2n) is 5.50. The zero-order chi connectivity index (χ0) is 14.0. The monoisotopic (exact) mass is 331 g/mol. The first-order valence-electron chi connectivity index (χ1n) is 7.20. The number of hydrogen-bond acceptors (Lipinski definition) is 3. The van der Waals surface area contributed by atoms with Gasteiger partial charge in [-0.3, -0.25) is 0 Å². The fourth-order valence-electron chi connectivity index (χ4n) is 2.90. The molecule has 7 heteroatoms. The van der Waals surface area contributed by atoms with Crippen molar-refractivity contribution in [2.24, 2.45) is 0 Å². The van der Waals surface area contributed by atoms with Gasteiger partial charge in [-0.1, -0.05) is 24.3 Å². The Morgan fingerprint density at radius 1 is 1.29 bits per heavy atom. The first-order chi connectivity index (χ1) is 9.65. The minimum absolute atomic E-state index is 0. The van der Waals surface area contributed by atoms with Crippen LogP contribution in [0.3, 0.4) is 0 Å². The Bertz CT molecular complexity index is 573. The average molecular weight is 332 g/mol. The summed E-state index contributed by atoms with van der Waals surface area (Å²) < 4.78 is 29.0. The highest BCUT2D eigenvalue weighted by atomic mass is 35.5. The summed E-state index contributed by atoms with van der Waals surface area (Å²) in [5.41, 5.74) is 2.37. The molecule has 1 atom stereocenters. The molecular weight excluding hydrogens is 310 g/mol. The number of hydrogen-bond donors (Lipinski definition) is 2. The van der Waals surface area contributed by atoms with Crippen LogP contribution in [-0.4, -0.2) is 38.4 Å². The number of benzene rings is 1. The molecule has 118 valence electrons. The Kier molecular flexibility index (Phi) is 5.62. The summed E-state index contributed by atoms with van der Waals surface area (Å²) in [6.07, 6.45) is 2.97. The topological polar surface area (TPSA) is 61.4 Å². The van der Waals surface area contributed by atoms with Crippen molar-refractivity contribution in [3.63, 3.8) is 0 Å². The molecule has 1 fully saturated rings. The molecular formula is C14H22ClN3O2S. The second kappa shape index (κ2) is 7.07. The van der Waals surface area contributed by atoms with Crippen molar-refractivity contribution in [1.29, 1.82) is 0 Å². The van der Waals surface area contributed by atoms with Crippen LogP contribution in [-0.2, 0) is 23.2 Å². The van der Waals surface area contributed by atoms with E-state index >= 15 is 0 Å². The molecule has 0 aromatic heterocycles. The molecule has 0 bridgehead atoms. The summed E-state index contributed by atoms with van der Waals surface area (Å²) in [4.78, 5) is 0. The Balaban J connectivity index is 0.00000161. The summed E-state index contributed by atoms with van der Waals surface area (Å²) in [5, 5.41) is 3.30. The van der Waals surface area contributed by atoms with E-state index in [9.17, 15) is 8.42 Å². The standard InChI is InChI=1S/C14H21N3O2S.ClH/c18-20(19,16-10-14-6-3-8-15-14)17-9-7-12-4-1-2-5-13(12)11-17;/h1-2,4-5,14-16H,3,6-11H2;1H/t14-;/m1./s1. The molecule has 0 spiro atoms. The predicted molar refractivity (Wildman–Crippen MR) is 85.8 cm³/mol. The van der Waals surface area contributed by atoms with E-state index in [-0.39, 0.29) is 18.4 Å². The van der Waals surface area contributed by atoms with Crippen LogP contribution in [0, 0.1) is 0 Å². The van der Waals surface area contributed by atoms with Crippen molar-refractivity contribution in [3.05, 3.63) is 35.4 Å². The van der Waals surface area contributed by atoms with Gasteiger partial charge in [-0.2, -0.15) is 12.7 Å². The van der Waals surface area contributed by atoms with E-state index in [4.69, 9.17) is 0 Å². The second-order valence-corrected chi connectivity index (χ2v) is 7.25. The van der Waals surface area contributed by atoms with Crippen molar-refractivity contribution >= 4 is 22.6 Å². The van der Waals surface area contributed by atoms with E-state index in [0.29, 0.717) is 19.6 Å². The lowest BCUT2D eigenvalue weighted by atomic mass is 10.0. The zero-order valence-corrected chi connectivity index (χ0v) is 13.5. The van der Waals surface area contributed by atoms with Crippen LogP contribution in [0.25, 0.3) is 0 Å². The van der Waals surface area contributed by atoms with Crippen LogP contribution in [0.5, 0.6) is 0 Å². The van der Waals surface area contributed by atoms with Crippen LogP contribution < -0.4 is 10.0 Å². The van der Waals surface area contributed by atoms with Crippen LogP contribution in [0.15, 0.2) is 24.3 Å². The Hall–Kier alpha value is -0.660. The van der Waals surface area contributed by atoms with Crippen molar-refractivity contribution in [2.75, 3.05) is 19.6 Å². The summed E-state index contributed by atoms with van der Waals surface area (Å²) in [7, 11) is -3.37. The fraction of sp³-hybridized carbons (Fsp3) is 0.571. The SMILES string of the molecule is Cl.O=S(=O)(NC[C@H]1CCCN1)N1CCc2ccccc2C1. The van der Waals surface area contributed by atoms with Gasteiger partial charge >= 0.3 is 0 Å². The smallest absolute Gasteiger partial charge is 0.279 e.